The van der Waals surface area contributed by atoms with Crippen LogP contribution < -0.4 is 0 Å². The monoisotopic (exact) mass is 160 g/mol. The summed E-state index contributed by atoms with van der Waals surface area (Å²) >= 11 is 0. The van der Waals surface area contributed by atoms with Crippen molar-refractivity contribution in [2.24, 2.45) is 11.8 Å². The van der Waals surface area contributed by atoms with E-state index in [9.17, 15) is 0 Å². The van der Waals surface area contributed by atoms with E-state index in [-0.39, 0.29) is 5.31 Å². The molecule has 0 spiro atoms. The third-order valence-corrected chi connectivity index (χ3v) is 3.79. The molecule has 0 amide bonds. The fraction of sp³-hybridized carbons (Fsp3) is 0.818. The van der Waals surface area contributed by atoms with Crippen molar-refractivity contribution in [1.29, 1.82) is 0 Å². The van der Waals surface area contributed by atoms with Gasteiger partial charge in [-0.05, 0) is 31.1 Å². The van der Waals surface area contributed by atoms with Gasteiger partial charge in [0.05, 0.1) is 7.85 Å². The van der Waals surface area contributed by atoms with E-state index < -0.39 is 0 Å². The first-order chi connectivity index (χ1) is 5.62. The lowest BCUT2D eigenvalue weighted by Gasteiger charge is -2.45. The molecule has 3 rings (SSSR count). The van der Waals surface area contributed by atoms with E-state index in [1.165, 1.54) is 19.3 Å². The molecule has 1 heteroatoms. The average molecular weight is 160 g/mol. The Morgan fingerprint density at radius 2 is 2.25 bits per heavy atom. The summed E-state index contributed by atoms with van der Waals surface area (Å²) in [6, 6.07) is 0. The first-order valence-corrected chi connectivity index (χ1v) is 5.10. The molecule has 0 aromatic heterocycles. The second-order valence-corrected chi connectivity index (χ2v) is 4.79. The molecule has 3 aliphatic carbocycles. The Balaban J connectivity index is 2.03. The van der Waals surface area contributed by atoms with Gasteiger partial charge < -0.3 is 0 Å². The molecule has 0 aromatic carbocycles. The standard InChI is InChI=1S/C11H17B/c1-3-11(2,12)10-6-8-4-9(5-8)7-10/h4,8,10H,3,5-7H2,1-2H3/t8-,10?,11?/m0/s1. The summed E-state index contributed by atoms with van der Waals surface area (Å²) < 4.78 is 0. The molecule has 0 aliphatic heterocycles. The molecule has 0 aromatic rings. The van der Waals surface area contributed by atoms with Crippen molar-refractivity contribution in [2.75, 3.05) is 0 Å². The second-order valence-electron chi connectivity index (χ2n) is 4.79. The van der Waals surface area contributed by atoms with Crippen LogP contribution in [0.25, 0.3) is 0 Å². The van der Waals surface area contributed by atoms with Gasteiger partial charge in [0.25, 0.3) is 0 Å². The van der Waals surface area contributed by atoms with Gasteiger partial charge in [-0.2, -0.15) is 0 Å². The summed E-state index contributed by atoms with van der Waals surface area (Å²) in [4.78, 5) is 0. The van der Waals surface area contributed by atoms with Crippen LogP contribution in [0.3, 0.4) is 0 Å². The maximum absolute atomic E-state index is 6.25. The van der Waals surface area contributed by atoms with Gasteiger partial charge in [-0.25, -0.2) is 0 Å². The second kappa shape index (κ2) is 2.65. The number of hydrogen-bond acceptors (Lipinski definition) is 0. The molecular formula is C11H17B. The largest absolute Gasteiger partial charge is 0.0819 e. The van der Waals surface area contributed by atoms with Crippen molar-refractivity contribution in [3.8, 4) is 0 Å². The summed E-state index contributed by atoms with van der Waals surface area (Å²) in [7, 11) is 6.25. The van der Waals surface area contributed by atoms with Crippen LogP contribution in [0.15, 0.2) is 11.6 Å². The van der Waals surface area contributed by atoms with Crippen LogP contribution in [-0.2, 0) is 0 Å². The highest BCUT2D eigenvalue weighted by atomic mass is 14.4. The first-order valence-electron chi connectivity index (χ1n) is 5.10. The predicted molar refractivity (Wildman–Crippen MR) is 53.3 cm³/mol. The van der Waals surface area contributed by atoms with E-state index in [0.29, 0.717) is 0 Å². The normalized spacial score (nSPS) is 38.0. The van der Waals surface area contributed by atoms with Gasteiger partial charge in [0.2, 0.25) is 0 Å². The van der Waals surface area contributed by atoms with Crippen LogP contribution in [0.1, 0.15) is 39.5 Å². The Kier molecular flexibility index (Phi) is 1.85. The zero-order valence-corrected chi connectivity index (χ0v) is 8.14. The molecule has 0 heterocycles. The molecule has 2 unspecified atom stereocenters. The van der Waals surface area contributed by atoms with Gasteiger partial charge in [-0.1, -0.05) is 37.2 Å². The Hall–Kier alpha value is -0.195. The minimum atomic E-state index is 0.0815. The maximum atomic E-state index is 6.25. The van der Waals surface area contributed by atoms with Crippen LogP contribution in [0.5, 0.6) is 0 Å². The molecule has 64 valence electrons. The summed E-state index contributed by atoms with van der Waals surface area (Å²) in [5, 5.41) is 0.0815. The molecular weight excluding hydrogens is 143 g/mol. The lowest BCUT2D eigenvalue weighted by molar-refractivity contribution is 0.251. The third kappa shape index (κ3) is 1.24. The summed E-state index contributed by atoms with van der Waals surface area (Å²) in [6.45, 7) is 4.41. The fourth-order valence-electron chi connectivity index (χ4n) is 2.50. The van der Waals surface area contributed by atoms with Gasteiger partial charge in [0.1, 0.15) is 0 Å². The molecule has 1 fully saturated rings. The quantitative estimate of drug-likeness (QED) is 0.430. The number of allylic oxidation sites excluding steroid dienone is 2. The average Bonchev–Trinajstić information content (AvgIpc) is 2.04. The van der Waals surface area contributed by atoms with Crippen molar-refractivity contribution >= 4 is 7.85 Å². The van der Waals surface area contributed by atoms with Crippen molar-refractivity contribution in [1.82, 2.24) is 0 Å². The van der Waals surface area contributed by atoms with Crippen LogP contribution >= 0.6 is 0 Å². The SMILES string of the molecule is [B]C(C)(CC)C1CC2=C[C@@H](C2)C1. The smallest absolute Gasteiger partial charge is 0.0746 e. The predicted octanol–water partition coefficient (Wildman–Crippen LogP) is 3.10. The van der Waals surface area contributed by atoms with E-state index in [1.54, 1.807) is 5.57 Å². The minimum absolute atomic E-state index is 0.0815. The summed E-state index contributed by atoms with van der Waals surface area (Å²) in [6.07, 6.45) is 7.54. The molecule has 2 bridgehead atoms. The summed E-state index contributed by atoms with van der Waals surface area (Å²) in [5.41, 5.74) is 1.67. The molecule has 2 radical (unpaired) electrons. The molecule has 0 saturated heterocycles. The van der Waals surface area contributed by atoms with Gasteiger partial charge in [-0.15, -0.1) is 0 Å². The Labute approximate surface area is 76.8 Å². The van der Waals surface area contributed by atoms with Crippen LogP contribution in [0.4, 0.5) is 0 Å². The highest BCUT2D eigenvalue weighted by molar-refractivity contribution is 6.15. The zero-order valence-electron chi connectivity index (χ0n) is 8.14. The van der Waals surface area contributed by atoms with E-state index in [4.69, 9.17) is 7.85 Å². The van der Waals surface area contributed by atoms with E-state index >= 15 is 0 Å². The van der Waals surface area contributed by atoms with Gasteiger partial charge >= 0.3 is 0 Å². The summed E-state index contributed by atoms with van der Waals surface area (Å²) in [5.74, 6) is 1.63. The number of hydrogen-bond donors (Lipinski definition) is 0. The number of rotatable bonds is 2. The Morgan fingerprint density at radius 3 is 2.67 bits per heavy atom. The highest BCUT2D eigenvalue weighted by Crippen LogP contribution is 2.51. The lowest BCUT2D eigenvalue weighted by Crippen LogP contribution is -2.31. The molecule has 3 atom stereocenters. The molecule has 0 N–H and O–H groups in total. The lowest BCUT2D eigenvalue weighted by atomic mass is 9.53. The van der Waals surface area contributed by atoms with Gasteiger partial charge in [-0.3, -0.25) is 0 Å². The minimum Gasteiger partial charge on any atom is -0.0819 e. The molecule has 1 saturated carbocycles. The number of fused-ring (bicyclic) bond motifs is 2. The van der Waals surface area contributed by atoms with E-state index in [2.05, 4.69) is 19.9 Å². The van der Waals surface area contributed by atoms with Crippen LogP contribution in [0.2, 0.25) is 5.31 Å². The van der Waals surface area contributed by atoms with Crippen molar-refractivity contribution < 1.29 is 0 Å². The molecule has 0 nitrogen and oxygen atoms in total. The molecule has 12 heavy (non-hydrogen) atoms. The van der Waals surface area contributed by atoms with Crippen molar-refractivity contribution in [3.63, 3.8) is 0 Å². The van der Waals surface area contributed by atoms with Gasteiger partial charge in [0.15, 0.2) is 0 Å². The highest BCUT2D eigenvalue weighted by Gasteiger charge is 2.37. The maximum Gasteiger partial charge on any atom is 0.0746 e. The van der Waals surface area contributed by atoms with Crippen LogP contribution in [0, 0.1) is 11.8 Å². The van der Waals surface area contributed by atoms with E-state index in [1.807, 2.05) is 0 Å². The van der Waals surface area contributed by atoms with Crippen molar-refractivity contribution in [2.45, 2.75) is 44.8 Å². The van der Waals surface area contributed by atoms with Crippen molar-refractivity contribution in [3.05, 3.63) is 11.6 Å². The van der Waals surface area contributed by atoms with Crippen LogP contribution in [-0.4, -0.2) is 7.85 Å². The third-order valence-electron chi connectivity index (χ3n) is 3.79. The Bertz CT molecular complexity index is 215. The fourth-order valence-corrected chi connectivity index (χ4v) is 2.50. The van der Waals surface area contributed by atoms with Gasteiger partial charge in [0, 0.05) is 0 Å². The first kappa shape index (κ1) is 8.41. The topological polar surface area (TPSA) is 0 Å². The van der Waals surface area contributed by atoms with E-state index in [0.717, 1.165) is 18.3 Å². The zero-order chi connectivity index (χ0) is 8.77. The Morgan fingerprint density at radius 1 is 1.58 bits per heavy atom. The molecule has 3 aliphatic rings.